The first kappa shape index (κ1) is 44.9. The van der Waals surface area contributed by atoms with Gasteiger partial charge in [-0.05, 0) is 144 Å². The van der Waals surface area contributed by atoms with E-state index in [1.807, 2.05) is 11.8 Å². The predicted octanol–water partition coefficient (Wildman–Crippen LogP) is 20.5. The number of ether oxygens (including phenoxy) is 1. The summed E-state index contributed by atoms with van der Waals surface area (Å²) < 4.78 is 11.3. The van der Waals surface area contributed by atoms with Crippen LogP contribution in [0.4, 0.5) is 34.1 Å². The molecular weight excluding hydrogens is 1000 g/mol. The van der Waals surface area contributed by atoms with E-state index in [0.717, 1.165) is 28.6 Å². The lowest BCUT2D eigenvalue weighted by atomic mass is 9.62. The molecule has 3 aliphatic heterocycles. The maximum Gasteiger partial charge on any atom is 0.151 e. The van der Waals surface area contributed by atoms with Gasteiger partial charge in [0.1, 0.15) is 0 Å². The van der Waals surface area contributed by atoms with E-state index in [0.29, 0.717) is 0 Å². The fourth-order valence-corrected chi connectivity index (χ4v) is 15.7. The second kappa shape index (κ2) is 16.5. The van der Waals surface area contributed by atoms with E-state index in [4.69, 9.17) is 4.74 Å². The van der Waals surface area contributed by atoms with Crippen LogP contribution in [-0.4, -0.2) is 8.80 Å². The van der Waals surface area contributed by atoms with Crippen molar-refractivity contribution >= 4 is 122 Å². The number of para-hydroxylation sites is 6. The van der Waals surface area contributed by atoms with Gasteiger partial charge in [-0.25, -0.2) is 0 Å². The van der Waals surface area contributed by atoms with Gasteiger partial charge in [0.15, 0.2) is 11.5 Å². The van der Waals surface area contributed by atoms with Gasteiger partial charge < -0.3 is 23.3 Å². The van der Waals surface area contributed by atoms with Crippen LogP contribution < -0.4 is 14.5 Å². The van der Waals surface area contributed by atoms with E-state index < -0.39 is 5.41 Å². The molecule has 81 heavy (non-hydrogen) atoms. The van der Waals surface area contributed by atoms with Crippen LogP contribution >= 0.6 is 11.8 Å². The van der Waals surface area contributed by atoms with Crippen molar-refractivity contribution in [2.24, 2.45) is 0 Å². The number of fused-ring (bicyclic) bond motifs is 22. The van der Waals surface area contributed by atoms with Gasteiger partial charge in [0.25, 0.3) is 0 Å². The van der Waals surface area contributed by atoms with Crippen molar-refractivity contribution in [3.05, 3.63) is 288 Å². The zero-order chi connectivity index (χ0) is 53.2. The monoisotopic (exact) mass is 1050 g/mol. The number of hydrogen-bond donors (Lipinski definition) is 0. The fraction of sp³-hybridized carbons (Fsp3) is 0.0400. The number of rotatable bonds is 2. The molecule has 19 rings (SSSR count). The Balaban J connectivity index is 0.000000130. The Kier molecular flexibility index (Phi) is 9.16. The van der Waals surface area contributed by atoms with E-state index in [1.165, 1.54) is 136 Å². The molecule has 0 radical (unpaired) electrons. The summed E-state index contributed by atoms with van der Waals surface area (Å²) in [6.45, 7) is 4.22. The van der Waals surface area contributed by atoms with Gasteiger partial charge in [0.2, 0.25) is 0 Å². The first-order valence-corrected chi connectivity index (χ1v) is 28.7. The van der Waals surface area contributed by atoms with Crippen LogP contribution in [0.1, 0.15) is 33.4 Å². The Morgan fingerprint density at radius 2 is 0.642 bits per heavy atom. The number of nitrogens with zero attached hydrogens (tertiary/aromatic N) is 4. The molecule has 12 aromatic carbocycles. The Hall–Kier alpha value is -10.0. The number of aryl methyl sites for hydroxylation is 2. The Morgan fingerprint density at radius 1 is 0.309 bits per heavy atom. The summed E-state index contributed by atoms with van der Waals surface area (Å²) in [5.41, 5.74) is 21.8. The second-order valence-electron chi connectivity index (χ2n) is 22.1. The molecular formula is C75H48N4OS. The average Bonchev–Trinajstić information content (AvgIpc) is 3.61. The molecule has 0 fully saturated rings. The van der Waals surface area contributed by atoms with Gasteiger partial charge in [0.05, 0.1) is 61.3 Å². The number of hydrogen-bond acceptors (Lipinski definition) is 4. The highest BCUT2D eigenvalue weighted by atomic mass is 32.2. The molecule has 0 saturated heterocycles. The molecule has 0 bridgehead atoms. The van der Waals surface area contributed by atoms with Gasteiger partial charge >= 0.3 is 0 Å². The van der Waals surface area contributed by atoms with Crippen molar-refractivity contribution < 1.29 is 4.74 Å². The van der Waals surface area contributed by atoms with Gasteiger partial charge in [-0.2, -0.15) is 0 Å². The third kappa shape index (κ3) is 6.01. The average molecular weight is 1050 g/mol. The van der Waals surface area contributed by atoms with Crippen molar-refractivity contribution in [2.75, 3.05) is 9.80 Å². The van der Waals surface area contributed by atoms with E-state index in [9.17, 15) is 0 Å². The number of anilines is 6. The first-order chi connectivity index (χ1) is 40.0. The Bertz CT molecular complexity index is 5010. The minimum Gasteiger partial charge on any atom is -0.453 e. The lowest BCUT2D eigenvalue weighted by Gasteiger charge is -2.49. The highest BCUT2D eigenvalue weighted by molar-refractivity contribution is 7.99. The van der Waals surface area contributed by atoms with Crippen LogP contribution in [0.25, 0.3) is 76.2 Å². The summed E-state index contributed by atoms with van der Waals surface area (Å²) in [5.74, 6) is 1.78. The highest BCUT2D eigenvalue weighted by Crippen LogP contribution is 2.63. The summed E-state index contributed by atoms with van der Waals surface area (Å²) in [5, 5.41) is 10.3. The molecule has 0 aliphatic carbocycles. The molecule has 0 amide bonds. The zero-order valence-electron chi connectivity index (χ0n) is 44.4. The summed E-state index contributed by atoms with van der Waals surface area (Å²) in [4.78, 5) is 7.51. The van der Waals surface area contributed by atoms with E-state index in [1.54, 1.807) is 0 Å². The second-order valence-corrected chi connectivity index (χ2v) is 23.2. The van der Waals surface area contributed by atoms with E-state index >= 15 is 0 Å². The molecule has 6 heteroatoms. The number of aromatic nitrogens is 2. The van der Waals surface area contributed by atoms with Crippen LogP contribution in [0.2, 0.25) is 0 Å². The van der Waals surface area contributed by atoms with Crippen LogP contribution in [-0.2, 0) is 5.41 Å². The molecule has 380 valence electrons. The first-order valence-electron chi connectivity index (χ1n) is 27.9. The lowest BCUT2D eigenvalue weighted by molar-refractivity contribution is 0.476. The summed E-state index contributed by atoms with van der Waals surface area (Å²) in [7, 11) is 0. The molecule has 5 nitrogen and oxygen atoms in total. The minimum atomic E-state index is -0.439. The van der Waals surface area contributed by atoms with Crippen LogP contribution in [0.5, 0.6) is 11.5 Å². The molecule has 0 saturated carbocycles. The fourth-order valence-electron chi connectivity index (χ4n) is 14.5. The summed E-state index contributed by atoms with van der Waals surface area (Å²) in [6.07, 6.45) is 0. The molecule has 7 heterocycles. The maximum absolute atomic E-state index is 6.41. The van der Waals surface area contributed by atoms with E-state index in [-0.39, 0.29) is 0 Å². The third-order valence-corrected chi connectivity index (χ3v) is 18.9. The van der Waals surface area contributed by atoms with Crippen molar-refractivity contribution in [3.8, 4) is 11.5 Å². The van der Waals surface area contributed by atoms with Crippen LogP contribution in [0, 0.1) is 13.8 Å². The normalized spacial score (nSPS) is 13.9. The molecule has 0 unspecified atom stereocenters. The summed E-state index contributed by atoms with van der Waals surface area (Å²) in [6, 6.07) is 93.9. The maximum atomic E-state index is 6.41. The van der Waals surface area contributed by atoms with E-state index in [2.05, 4.69) is 287 Å². The number of benzene rings is 12. The molecule has 0 atom stereocenters. The Labute approximate surface area is 471 Å². The van der Waals surface area contributed by atoms with Crippen molar-refractivity contribution in [1.29, 1.82) is 0 Å². The SMILES string of the molecule is Cc1ccc2c(c1)Oc1cc(C)ccc1N2c1cc2c3ccccc3n3c4ccccc4c(c1)c23.c1ccc2c(c1)Sc1ccccc1C21c2ccccc2N(c2cc3c4ccccc4n4c5ccccc5c(c2)c34)c2ccccc21. The van der Waals surface area contributed by atoms with Gasteiger partial charge in [-0.3, -0.25) is 0 Å². The van der Waals surface area contributed by atoms with Gasteiger partial charge in [0, 0.05) is 64.3 Å². The minimum absolute atomic E-state index is 0.439. The standard InChI is InChI=1S/C43H26N2S.C32H22N2O/c1-7-19-36-28(13-1)30-25-27(26-31-29-14-2-8-20-37(29)45(36)42(30)31)44-38-21-9-3-15-32(38)43(33-16-4-10-22-39(33)44)34-17-5-11-23-40(34)46-41-24-12-6-18-35(41)43;1-19-11-13-28-30(15-19)35-31-16-20(2)12-14-29(31)33(28)21-17-24-22-7-3-5-9-26(22)34-27-10-6-4-8-23(27)25(18-21)32(24)34/h1-26H;3-18H,1-2H3. The third-order valence-electron chi connectivity index (χ3n) is 17.7. The molecule has 0 N–H and O–H groups in total. The van der Waals surface area contributed by atoms with Crippen LogP contribution in [0.3, 0.4) is 0 Å². The summed E-state index contributed by atoms with van der Waals surface area (Å²) >= 11 is 1.89. The molecule has 16 aromatic rings. The lowest BCUT2D eigenvalue weighted by Crippen LogP contribution is -2.39. The zero-order valence-corrected chi connectivity index (χ0v) is 45.2. The Morgan fingerprint density at radius 3 is 1.05 bits per heavy atom. The molecule has 1 spiro atoms. The van der Waals surface area contributed by atoms with Crippen molar-refractivity contribution in [2.45, 2.75) is 29.1 Å². The van der Waals surface area contributed by atoms with Gasteiger partial charge in [-0.1, -0.05) is 169 Å². The molecule has 3 aliphatic rings. The highest BCUT2D eigenvalue weighted by Gasteiger charge is 2.50. The van der Waals surface area contributed by atoms with Crippen molar-refractivity contribution in [3.63, 3.8) is 0 Å². The van der Waals surface area contributed by atoms with Crippen molar-refractivity contribution in [1.82, 2.24) is 8.80 Å². The topological polar surface area (TPSA) is 24.5 Å². The predicted molar refractivity (Wildman–Crippen MR) is 337 cm³/mol. The smallest absolute Gasteiger partial charge is 0.151 e. The largest absolute Gasteiger partial charge is 0.453 e. The molecule has 4 aromatic heterocycles. The quantitative estimate of drug-likeness (QED) is 0.172. The van der Waals surface area contributed by atoms with Crippen LogP contribution in [0.15, 0.2) is 265 Å². The van der Waals surface area contributed by atoms with Gasteiger partial charge in [-0.15, -0.1) is 0 Å².